The van der Waals surface area contributed by atoms with Gasteiger partial charge in [0.1, 0.15) is 0 Å². The molecule has 4 nitrogen and oxygen atoms in total. The van der Waals surface area contributed by atoms with E-state index in [0.29, 0.717) is 0 Å². The lowest BCUT2D eigenvalue weighted by Crippen LogP contribution is -1.40. The van der Waals surface area contributed by atoms with Gasteiger partial charge < -0.3 is 0 Å². The zero-order valence-electron chi connectivity index (χ0n) is 3.86. The molecule has 0 amide bonds. The average molecular weight is 133 g/mol. The van der Waals surface area contributed by atoms with E-state index < -0.39 is 10.6 Å². The van der Waals surface area contributed by atoms with Crippen LogP contribution >= 0.6 is 0 Å². The quantitative estimate of drug-likeness (QED) is 0.425. The van der Waals surface area contributed by atoms with Crippen molar-refractivity contribution >= 4 is 10.6 Å². The molecule has 0 aliphatic heterocycles. The third kappa shape index (κ3) is 3200. The van der Waals surface area contributed by atoms with E-state index in [9.17, 15) is 0 Å². The second-order valence-electron chi connectivity index (χ2n) is 0.537. The minimum atomic E-state index is -3.11. The van der Waals surface area contributed by atoms with Crippen LogP contribution in [0.5, 0.6) is 0 Å². The van der Waals surface area contributed by atoms with Crippen LogP contribution in [0.15, 0.2) is 12.7 Å². The summed E-state index contributed by atoms with van der Waals surface area (Å²) in [6, 6.07) is 1.69. The highest BCUT2D eigenvalue weighted by molar-refractivity contribution is 7.59. The largest absolute Gasteiger partial charge is 0.425 e. The molecule has 0 bridgehead atoms. The maximum atomic E-state index is 8.44. The van der Waals surface area contributed by atoms with E-state index in [4.69, 9.17) is 17.9 Å². The van der Waals surface area contributed by atoms with E-state index in [1.165, 1.54) is 6.08 Å². The van der Waals surface area contributed by atoms with Gasteiger partial charge in [0.25, 0.3) is 0 Å². The molecule has 0 aliphatic rings. The molecule has 0 saturated heterocycles. The first kappa shape index (κ1) is 9.97. The van der Waals surface area contributed by atoms with Crippen molar-refractivity contribution in [2.75, 3.05) is 0 Å². The predicted molar refractivity (Wildman–Crippen MR) is 25.5 cm³/mol. The van der Waals surface area contributed by atoms with E-state index in [2.05, 4.69) is 6.58 Å². The fourth-order valence-electron chi connectivity index (χ4n) is 0. The minimum Gasteiger partial charge on any atom is -0.193 e. The Morgan fingerprint density at radius 3 is 1.62 bits per heavy atom. The first-order chi connectivity index (χ1) is 3.65. The third-order valence-corrected chi connectivity index (χ3v) is 0.0913. The van der Waals surface area contributed by atoms with Crippen LogP contribution in [0.3, 0.4) is 0 Å². The number of rotatable bonds is 0. The normalized spacial score (nSPS) is 4.88. The molecule has 0 unspecified atom stereocenters. The van der Waals surface area contributed by atoms with Crippen LogP contribution in [0.4, 0.5) is 0 Å². The summed E-state index contributed by atoms with van der Waals surface area (Å²) in [5, 5.41) is 7.51. The Kier molecular flexibility index (Phi) is 11.6. The Hall–Kier alpha value is -1.15. The summed E-state index contributed by atoms with van der Waals surface area (Å²) in [4.78, 5) is 0. The molecule has 0 aromatic rings. The fraction of sp³-hybridized carbons (Fsp3) is 0. The van der Waals surface area contributed by atoms with E-state index >= 15 is 0 Å². The molecule has 0 spiro atoms. The maximum Gasteiger partial charge on any atom is 0.425 e. The molecule has 0 heterocycles. The van der Waals surface area contributed by atoms with Crippen molar-refractivity contribution in [3.8, 4) is 6.07 Å². The Bertz CT molecular complexity index is 175. The van der Waals surface area contributed by atoms with Gasteiger partial charge in [0, 0.05) is 6.08 Å². The van der Waals surface area contributed by atoms with Crippen LogP contribution in [0, 0.1) is 11.3 Å². The van der Waals surface area contributed by atoms with Crippen molar-refractivity contribution in [3.05, 3.63) is 12.7 Å². The van der Waals surface area contributed by atoms with Crippen molar-refractivity contribution < 1.29 is 12.6 Å². The second-order valence-corrected chi connectivity index (χ2v) is 0.946. The van der Waals surface area contributed by atoms with Crippen LogP contribution < -0.4 is 0 Å². The first-order valence-corrected chi connectivity index (χ1v) is 2.42. The van der Waals surface area contributed by atoms with E-state index in [1.807, 2.05) is 0 Å². The monoisotopic (exact) mass is 133 g/mol. The van der Waals surface area contributed by atoms with Crippen LogP contribution in [0.2, 0.25) is 0 Å². The summed E-state index contributed by atoms with van der Waals surface area (Å²) in [5.74, 6) is 0. The van der Waals surface area contributed by atoms with Gasteiger partial charge in [-0.25, -0.2) is 0 Å². The molecule has 0 aliphatic carbocycles. The summed E-state index contributed by atoms with van der Waals surface area (Å²) in [7, 11) is -3.11. The predicted octanol–water partition coefficient (Wildman–Crippen LogP) is -0.308. The highest BCUT2D eigenvalue weighted by Gasteiger charge is 1.40. The lowest BCUT2D eigenvalue weighted by molar-refractivity contribution is 0.559. The fourth-order valence-corrected chi connectivity index (χ4v) is 0. The maximum absolute atomic E-state index is 8.44. The van der Waals surface area contributed by atoms with Crippen molar-refractivity contribution in [3.63, 3.8) is 0 Å². The van der Waals surface area contributed by atoms with Gasteiger partial charge in [-0.15, -0.1) is 12.6 Å². The van der Waals surface area contributed by atoms with Gasteiger partial charge in [-0.1, -0.05) is 6.58 Å². The molecule has 0 aromatic heterocycles. The summed E-state index contributed by atoms with van der Waals surface area (Å²) < 4.78 is 25.3. The van der Waals surface area contributed by atoms with E-state index in [1.54, 1.807) is 6.07 Å². The van der Waals surface area contributed by atoms with Gasteiger partial charge in [0.15, 0.2) is 0 Å². The molecular formula is C3H3NO3S. The SMILES string of the molecule is C=CC#N.O=S(=O)=O. The number of hydrogen-bond donors (Lipinski definition) is 0. The molecule has 0 N–H and O–H groups in total. The Labute approximate surface area is 48.1 Å². The molecule has 44 valence electrons. The summed E-state index contributed by atoms with van der Waals surface area (Å²) >= 11 is 0. The molecule has 0 aromatic carbocycles. The van der Waals surface area contributed by atoms with Crippen molar-refractivity contribution in [1.29, 1.82) is 5.26 Å². The van der Waals surface area contributed by atoms with Crippen molar-refractivity contribution in [1.82, 2.24) is 0 Å². The zero-order valence-corrected chi connectivity index (χ0v) is 4.68. The Balaban J connectivity index is 0. The van der Waals surface area contributed by atoms with Gasteiger partial charge in [-0.3, -0.25) is 0 Å². The minimum absolute atomic E-state index is 1.18. The Morgan fingerprint density at radius 1 is 1.50 bits per heavy atom. The molecule has 0 saturated carbocycles. The summed E-state index contributed by atoms with van der Waals surface area (Å²) in [5.41, 5.74) is 0. The highest BCUT2D eigenvalue weighted by Crippen LogP contribution is 1.41. The Morgan fingerprint density at radius 2 is 1.62 bits per heavy atom. The van der Waals surface area contributed by atoms with Crippen molar-refractivity contribution in [2.45, 2.75) is 0 Å². The van der Waals surface area contributed by atoms with Crippen LogP contribution in [-0.2, 0) is 10.6 Å². The van der Waals surface area contributed by atoms with Crippen LogP contribution in [0.25, 0.3) is 0 Å². The van der Waals surface area contributed by atoms with E-state index in [0.717, 1.165) is 0 Å². The first-order valence-electron chi connectivity index (χ1n) is 1.42. The van der Waals surface area contributed by atoms with Gasteiger partial charge in [0.2, 0.25) is 0 Å². The van der Waals surface area contributed by atoms with E-state index in [-0.39, 0.29) is 0 Å². The van der Waals surface area contributed by atoms with Gasteiger partial charge >= 0.3 is 10.6 Å². The smallest absolute Gasteiger partial charge is 0.193 e. The molecule has 0 atom stereocenters. The highest BCUT2D eigenvalue weighted by atomic mass is 32.2. The van der Waals surface area contributed by atoms with Crippen molar-refractivity contribution in [2.24, 2.45) is 0 Å². The number of hydrogen-bond acceptors (Lipinski definition) is 4. The molecule has 5 heteroatoms. The van der Waals surface area contributed by atoms with Crippen LogP contribution in [0.1, 0.15) is 0 Å². The number of nitriles is 1. The molecule has 0 fully saturated rings. The second kappa shape index (κ2) is 9.28. The van der Waals surface area contributed by atoms with Gasteiger partial charge in [0.05, 0.1) is 6.07 Å². The topological polar surface area (TPSA) is 75.0 Å². The number of nitrogens with zero attached hydrogens (tertiary/aromatic N) is 1. The molecule has 8 heavy (non-hydrogen) atoms. The summed E-state index contributed by atoms with van der Waals surface area (Å²) in [6.07, 6.45) is 1.18. The lowest BCUT2D eigenvalue weighted by atomic mass is 10.8. The lowest BCUT2D eigenvalue weighted by Gasteiger charge is -1.31. The van der Waals surface area contributed by atoms with Crippen LogP contribution in [-0.4, -0.2) is 12.6 Å². The zero-order chi connectivity index (χ0) is 6.99. The molecular weight excluding hydrogens is 130 g/mol. The third-order valence-electron chi connectivity index (χ3n) is 0.0913. The molecule has 0 radical (unpaired) electrons. The summed E-state index contributed by atoms with van der Waals surface area (Å²) in [6.45, 7) is 3.12. The molecule has 0 rings (SSSR count). The standard InChI is InChI=1S/C3H3N.O3S/c1-2-3-4;1-4(2)3/h2H,1H2;. The van der Waals surface area contributed by atoms with Gasteiger partial charge in [-0.2, -0.15) is 5.26 Å². The average Bonchev–Trinajstić information content (AvgIpc) is 1.65. The number of allylic oxidation sites excluding steroid dienone is 1. The van der Waals surface area contributed by atoms with Gasteiger partial charge in [-0.05, 0) is 0 Å².